The molecule has 0 saturated heterocycles. The van der Waals surface area contributed by atoms with E-state index >= 15 is 0 Å². The molecule has 3 aromatic rings. The molecule has 0 amide bonds. The van der Waals surface area contributed by atoms with E-state index < -0.39 is 0 Å². The predicted molar refractivity (Wildman–Crippen MR) is 86.2 cm³/mol. The van der Waals surface area contributed by atoms with E-state index in [1.165, 1.54) is 0 Å². The molecule has 0 fully saturated rings. The van der Waals surface area contributed by atoms with Gasteiger partial charge in [0.2, 0.25) is 0 Å². The Hall–Kier alpha value is -1.34. The van der Waals surface area contributed by atoms with Gasteiger partial charge in [-0.1, -0.05) is 17.7 Å². The van der Waals surface area contributed by atoms with Crippen LogP contribution in [-0.4, -0.2) is 9.97 Å². The van der Waals surface area contributed by atoms with Gasteiger partial charge in [0.05, 0.1) is 11.1 Å². The first-order chi connectivity index (χ1) is 9.76. The minimum atomic E-state index is 0.665. The molecule has 0 aliphatic heterocycles. The number of hydrazine groups is 1. The number of rotatable bonds is 4. The van der Waals surface area contributed by atoms with Crippen LogP contribution in [0.15, 0.2) is 40.6 Å². The van der Waals surface area contributed by atoms with E-state index in [1.54, 1.807) is 23.1 Å². The summed E-state index contributed by atoms with van der Waals surface area (Å²) in [6.45, 7) is 0. The maximum Gasteiger partial charge on any atom is 0.152 e. The summed E-state index contributed by atoms with van der Waals surface area (Å²) in [4.78, 5) is 11.0. The van der Waals surface area contributed by atoms with Crippen LogP contribution in [0.25, 0.3) is 10.2 Å². The van der Waals surface area contributed by atoms with Gasteiger partial charge in [-0.3, -0.25) is 0 Å². The smallest absolute Gasteiger partial charge is 0.152 e. The van der Waals surface area contributed by atoms with Crippen molar-refractivity contribution >= 4 is 50.7 Å². The number of hydrogen-bond donors (Lipinski definition) is 2. The van der Waals surface area contributed by atoms with Gasteiger partial charge in [0.15, 0.2) is 5.82 Å². The van der Waals surface area contributed by atoms with Gasteiger partial charge in [0, 0.05) is 9.92 Å². The van der Waals surface area contributed by atoms with Crippen molar-refractivity contribution in [1.82, 2.24) is 9.97 Å². The molecule has 3 N–H and O–H groups in total. The van der Waals surface area contributed by atoms with Crippen molar-refractivity contribution in [1.29, 1.82) is 0 Å². The Morgan fingerprint density at radius 2 is 2.20 bits per heavy atom. The average molecular weight is 323 g/mol. The fourth-order valence-electron chi connectivity index (χ4n) is 1.78. The predicted octanol–water partition coefficient (Wildman–Crippen LogP) is 3.92. The van der Waals surface area contributed by atoms with Gasteiger partial charge in [0.25, 0.3) is 0 Å². The number of nitrogen functional groups attached to an aromatic ring is 1. The third-order valence-corrected chi connectivity index (χ3v) is 4.70. The molecule has 0 aliphatic rings. The highest BCUT2D eigenvalue weighted by Gasteiger charge is 2.08. The number of aromatic nitrogens is 2. The monoisotopic (exact) mass is 322 g/mol. The van der Waals surface area contributed by atoms with Gasteiger partial charge < -0.3 is 5.43 Å². The van der Waals surface area contributed by atoms with Crippen LogP contribution >= 0.6 is 34.7 Å². The fourth-order valence-corrected chi connectivity index (χ4v) is 3.63. The van der Waals surface area contributed by atoms with E-state index in [4.69, 9.17) is 17.4 Å². The lowest BCUT2D eigenvalue weighted by Crippen LogP contribution is -2.10. The Kier molecular flexibility index (Phi) is 4.07. The Balaban J connectivity index is 1.83. The number of fused-ring (bicyclic) bond motifs is 1. The van der Waals surface area contributed by atoms with E-state index in [0.717, 1.165) is 26.0 Å². The Labute approximate surface area is 129 Å². The van der Waals surface area contributed by atoms with Crippen LogP contribution in [0.1, 0.15) is 5.82 Å². The molecular formula is C13H11ClN4S2. The molecule has 0 bridgehead atoms. The zero-order chi connectivity index (χ0) is 13.9. The summed E-state index contributed by atoms with van der Waals surface area (Å²) < 4.78 is 0. The minimum absolute atomic E-state index is 0.665. The molecule has 0 atom stereocenters. The number of anilines is 1. The molecule has 0 spiro atoms. The highest BCUT2D eigenvalue weighted by Crippen LogP contribution is 2.28. The summed E-state index contributed by atoms with van der Waals surface area (Å²) in [6, 6.07) is 9.69. The Morgan fingerprint density at radius 3 is 3.00 bits per heavy atom. The zero-order valence-corrected chi connectivity index (χ0v) is 12.7. The maximum absolute atomic E-state index is 5.97. The van der Waals surface area contributed by atoms with Crippen LogP contribution in [-0.2, 0) is 5.75 Å². The Morgan fingerprint density at radius 1 is 1.30 bits per heavy atom. The lowest BCUT2D eigenvalue weighted by atomic mass is 10.4. The van der Waals surface area contributed by atoms with E-state index in [9.17, 15) is 0 Å². The van der Waals surface area contributed by atoms with Crippen molar-refractivity contribution < 1.29 is 0 Å². The minimum Gasteiger partial charge on any atom is -0.308 e. The van der Waals surface area contributed by atoms with Crippen molar-refractivity contribution in [3.05, 3.63) is 46.6 Å². The van der Waals surface area contributed by atoms with Crippen molar-refractivity contribution in [3.63, 3.8) is 0 Å². The number of halogens is 1. The second-order valence-corrected chi connectivity index (χ2v) is 6.40. The summed E-state index contributed by atoms with van der Waals surface area (Å²) in [5.41, 5.74) is 2.63. The summed E-state index contributed by atoms with van der Waals surface area (Å²) >= 11 is 9.19. The second kappa shape index (κ2) is 5.97. The number of benzene rings is 1. The van der Waals surface area contributed by atoms with Gasteiger partial charge in [0.1, 0.15) is 10.7 Å². The van der Waals surface area contributed by atoms with Gasteiger partial charge in [-0.15, -0.1) is 23.1 Å². The van der Waals surface area contributed by atoms with Gasteiger partial charge in [-0.2, -0.15) is 0 Å². The standard InChI is InChI=1S/C13H11ClN4S2/c14-8-2-1-3-9(6-8)20-7-11-16-12(18-15)10-4-5-19-13(10)17-11/h1-6H,7,15H2,(H,16,17,18). The summed E-state index contributed by atoms with van der Waals surface area (Å²) in [7, 11) is 0. The molecule has 0 unspecified atom stereocenters. The largest absolute Gasteiger partial charge is 0.308 e. The number of hydrogen-bond acceptors (Lipinski definition) is 6. The number of thiophene rings is 1. The van der Waals surface area contributed by atoms with Crippen LogP contribution in [0.2, 0.25) is 5.02 Å². The summed E-state index contributed by atoms with van der Waals surface area (Å²) in [6.07, 6.45) is 0. The first kappa shape index (κ1) is 13.6. The molecule has 3 rings (SSSR count). The lowest BCUT2D eigenvalue weighted by molar-refractivity contribution is 1.06. The molecular weight excluding hydrogens is 312 g/mol. The van der Waals surface area contributed by atoms with Gasteiger partial charge >= 0.3 is 0 Å². The van der Waals surface area contributed by atoms with Crippen LogP contribution in [0.5, 0.6) is 0 Å². The first-order valence-electron chi connectivity index (χ1n) is 5.85. The van der Waals surface area contributed by atoms with Crippen molar-refractivity contribution in [3.8, 4) is 0 Å². The quantitative estimate of drug-likeness (QED) is 0.433. The topological polar surface area (TPSA) is 63.8 Å². The number of nitrogens with zero attached hydrogens (tertiary/aromatic N) is 2. The second-order valence-electron chi connectivity index (χ2n) is 4.02. The highest BCUT2D eigenvalue weighted by molar-refractivity contribution is 7.98. The van der Waals surface area contributed by atoms with Gasteiger partial charge in [-0.25, -0.2) is 15.8 Å². The number of thioether (sulfide) groups is 1. The van der Waals surface area contributed by atoms with Crippen LogP contribution in [0.4, 0.5) is 5.82 Å². The molecule has 0 radical (unpaired) electrons. The fraction of sp³-hybridized carbons (Fsp3) is 0.0769. The molecule has 0 aliphatic carbocycles. The molecule has 0 saturated carbocycles. The average Bonchev–Trinajstić information content (AvgIpc) is 2.92. The first-order valence-corrected chi connectivity index (χ1v) is 8.09. The lowest BCUT2D eigenvalue weighted by Gasteiger charge is -2.05. The van der Waals surface area contributed by atoms with Crippen molar-refractivity contribution in [2.45, 2.75) is 10.6 Å². The van der Waals surface area contributed by atoms with Crippen LogP contribution < -0.4 is 11.3 Å². The molecule has 2 heterocycles. The van der Waals surface area contributed by atoms with E-state index in [-0.39, 0.29) is 0 Å². The summed E-state index contributed by atoms with van der Waals surface area (Å²) in [5.74, 6) is 7.59. The SMILES string of the molecule is NNc1nc(CSc2cccc(Cl)c2)nc2sccc12. The van der Waals surface area contributed by atoms with Crippen molar-refractivity contribution in [2.75, 3.05) is 5.43 Å². The van der Waals surface area contributed by atoms with E-state index in [2.05, 4.69) is 15.4 Å². The highest BCUT2D eigenvalue weighted by atomic mass is 35.5. The van der Waals surface area contributed by atoms with E-state index in [1.807, 2.05) is 35.7 Å². The summed E-state index contributed by atoms with van der Waals surface area (Å²) in [5, 5.41) is 3.66. The molecule has 7 heteroatoms. The number of nitrogens with one attached hydrogen (secondary N) is 1. The number of nitrogens with two attached hydrogens (primary N) is 1. The maximum atomic E-state index is 5.97. The third-order valence-electron chi connectivity index (χ3n) is 2.67. The van der Waals surface area contributed by atoms with Crippen LogP contribution in [0.3, 0.4) is 0 Å². The molecule has 4 nitrogen and oxygen atoms in total. The van der Waals surface area contributed by atoms with Gasteiger partial charge in [-0.05, 0) is 29.6 Å². The molecule has 102 valence electrons. The third kappa shape index (κ3) is 2.88. The molecule has 1 aromatic carbocycles. The van der Waals surface area contributed by atoms with Crippen LogP contribution in [0, 0.1) is 0 Å². The van der Waals surface area contributed by atoms with E-state index in [0.29, 0.717) is 11.6 Å². The molecule has 20 heavy (non-hydrogen) atoms. The van der Waals surface area contributed by atoms with Crippen molar-refractivity contribution in [2.24, 2.45) is 5.84 Å². The Bertz CT molecular complexity index is 744. The zero-order valence-electron chi connectivity index (χ0n) is 10.3. The molecule has 2 aromatic heterocycles. The normalized spacial score (nSPS) is 10.9.